The Balaban J connectivity index is 1.42. The minimum Gasteiger partial charge on any atom is -0.478 e. The third-order valence-corrected chi connectivity index (χ3v) is 5.56. The van der Waals surface area contributed by atoms with Gasteiger partial charge in [-0.1, -0.05) is 46.8 Å². The van der Waals surface area contributed by atoms with Crippen molar-refractivity contribution in [3.8, 4) is 23.2 Å². The Morgan fingerprint density at radius 2 is 1.97 bits per heavy atom. The molecule has 2 N–H and O–H groups in total. The van der Waals surface area contributed by atoms with E-state index >= 15 is 0 Å². The van der Waals surface area contributed by atoms with Crippen molar-refractivity contribution in [1.29, 1.82) is 0 Å². The molecule has 1 unspecified atom stereocenters. The number of aromatic carboxylic acids is 1. The van der Waals surface area contributed by atoms with Crippen LogP contribution in [0.3, 0.4) is 0 Å². The van der Waals surface area contributed by atoms with Gasteiger partial charge in [0.25, 0.3) is 0 Å². The number of amides is 1. The fraction of sp³-hybridized carbons (Fsp3) is 0.154. The van der Waals surface area contributed by atoms with E-state index in [4.69, 9.17) is 26.0 Å². The van der Waals surface area contributed by atoms with E-state index in [1.807, 2.05) is 6.07 Å². The molecule has 10 heteroatoms. The molecule has 36 heavy (non-hydrogen) atoms. The maximum absolute atomic E-state index is 12.6. The number of carboxylic acid groups (broad SMARTS) is 1. The predicted octanol–water partition coefficient (Wildman–Crippen LogP) is 5.56. The lowest BCUT2D eigenvalue weighted by Crippen LogP contribution is -2.17. The standard InChI is InChI=1S/C26H21ClN4O5/c1-16-23(29-26(34)35-17(2)21-7-3-4-8-22(21)27)24(36-30-16)19-11-9-18(10-12-19)6-5-13-31-15-20(14-28-31)25(32)33/h3-4,7-12,14-15,17H,13H2,1-2H3,(H,29,34)(H,32,33). The minimum atomic E-state index is -1.04. The molecular weight excluding hydrogens is 484 g/mol. The number of hydrogen-bond donors (Lipinski definition) is 2. The van der Waals surface area contributed by atoms with Crippen molar-refractivity contribution in [2.24, 2.45) is 0 Å². The second kappa shape index (κ2) is 10.8. The molecule has 1 amide bonds. The van der Waals surface area contributed by atoms with Crippen LogP contribution in [0.5, 0.6) is 0 Å². The summed E-state index contributed by atoms with van der Waals surface area (Å²) in [6.07, 6.45) is 1.47. The molecule has 2 aromatic carbocycles. The van der Waals surface area contributed by atoms with Crippen LogP contribution in [0.4, 0.5) is 10.5 Å². The van der Waals surface area contributed by atoms with E-state index in [2.05, 4.69) is 27.4 Å². The van der Waals surface area contributed by atoms with Gasteiger partial charge in [-0.25, -0.2) is 9.59 Å². The number of carbonyl (C=O) groups excluding carboxylic acids is 1. The normalized spacial score (nSPS) is 11.3. The van der Waals surface area contributed by atoms with Gasteiger partial charge in [0.2, 0.25) is 0 Å². The summed E-state index contributed by atoms with van der Waals surface area (Å²) in [5.74, 6) is 5.29. The molecular formula is C26H21ClN4O5. The number of ether oxygens (including phenoxy) is 1. The number of carboxylic acids is 1. The van der Waals surface area contributed by atoms with Crippen LogP contribution in [-0.4, -0.2) is 32.1 Å². The second-order valence-corrected chi connectivity index (χ2v) is 8.18. The molecule has 0 spiro atoms. The van der Waals surface area contributed by atoms with Crippen LogP contribution in [-0.2, 0) is 11.3 Å². The van der Waals surface area contributed by atoms with Crippen molar-refractivity contribution in [1.82, 2.24) is 14.9 Å². The van der Waals surface area contributed by atoms with Gasteiger partial charge in [0.1, 0.15) is 24.0 Å². The number of anilines is 1. The summed E-state index contributed by atoms with van der Waals surface area (Å²) in [4.78, 5) is 23.5. The second-order valence-electron chi connectivity index (χ2n) is 7.78. The summed E-state index contributed by atoms with van der Waals surface area (Å²) in [5.41, 5.74) is 3.13. The minimum absolute atomic E-state index is 0.107. The van der Waals surface area contributed by atoms with Crippen LogP contribution in [0.2, 0.25) is 5.02 Å². The summed E-state index contributed by atoms with van der Waals surface area (Å²) in [5, 5.41) is 20.1. The van der Waals surface area contributed by atoms with E-state index in [0.717, 1.165) is 5.56 Å². The number of rotatable bonds is 6. The van der Waals surface area contributed by atoms with Gasteiger partial charge in [-0.05, 0) is 44.2 Å². The van der Waals surface area contributed by atoms with Crippen LogP contribution in [0, 0.1) is 18.8 Å². The molecule has 0 aliphatic rings. The highest BCUT2D eigenvalue weighted by molar-refractivity contribution is 6.31. The number of aromatic nitrogens is 3. The zero-order valence-electron chi connectivity index (χ0n) is 19.4. The zero-order valence-corrected chi connectivity index (χ0v) is 20.1. The first-order chi connectivity index (χ1) is 17.3. The fourth-order valence-corrected chi connectivity index (χ4v) is 3.65. The number of benzene rings is 2. The molecule has 9 nitrogen and oxygen atoms in total. The maximum Gasteiger partial charge on any atom is 0.412 e. The Morgan fingerprint density at radius 1 is 1.22 bits per heavy atom. The molecule has 2 heterocycles. The number of nitrogens with zero attached hydrogens (tertiary/aromatic N) is 3. The van der Waals surface area contributed by atoms with Crippen molar-refractivity contribution in [3.05, 3.63) is 88.3 Å². The number of hydrogen-bond acceptors (Lipinski definition) is 6. The zero-order chi connectivity index (χ0) is 25.7. The SMILES string of the molecule is Cc1noc(-c2ccc(C#CCn3cc(C(=O)O)cn3)cc2)c1NC(=O)OC(C)c1ccccc1Cl. The Hall–Kier alpha value is -4.55. The van der Waals surface area contributed by atoms with Crippen LogP contribution >= 0.6 is 11.6 Å². The van der Waals surface area contributed by atoms with Gasteiger partial charge in [-0.2, -0.15) is 5.10 Å². The number of halogens is 1. The molecule has 182 valence electrons. The fourth-order valence-electron chi connectivity index (χ4n) is 3.36. The highest BCUT2D eigenvalue weighted by Crippen LogP contribution is 2.32. The molecule has 0 saturated carbocycles. The molecule has 0 bridgehead atoms. The van der Waals surface area contributed by atoms with Crippen molar-refractivity contribution in [3.63, 3.8) is 0 Å². The van der Waals surface area contributed by atoms with Crippen LogP contribution in [0.1, 0.15) is 40.2 Å². The highest BCUT2D eigenvalue weighted by Gasteiger charge is 2.20. The molecule has 4 aromatic rings. The Morgan fingerprint density at radius 3 is 2.67 bits per heavy atom. The monoisotopic (exact) mass is 504 g/mol. The molecule has 4 rings (SSSR count). The molecule has 0 radical (unpaired) electrons. The molecule has 2 aromatic heterocycles. The summed E-state index contributed by atoms with van der Waals surface area (Å²) in [6, 6.07) is 14.3. The summed E-state index contributed by atoms with van der Waals surface area (Å²) in [6.45, 7) is 3.70. The van der Waals surface area contributed by atoms with Crippen LogP contribution < -0.4 is 5.32 Å². The first kappa shape index (κ1) is 24.6. The van der Waals surface area contributed by atoms with Gasteiger partial charge in [-0.3, -0.25) is 10.00 Å². The lowest BCUT2D eigenvalue weighted by Gasteiger charge is -2.15. The average molecular weight is 505 g/mol. The Kier molecular flexibility index (Phi) is 7.37. The van der Waals surface area contributed by atoms with Crippen molar-refractivity contribution < 1.29 is 24.0 Å². The van der Waals surface area contributed by atoms with E-state index < -0.39 is 18.2 Å². The smallest absolute Gasteiger partial charge is 0.412 e. The van der Waals surface area contributed by atoms with Crippen LogP contribution in [0.25, 0.3) is 11.3 Å². The average Bonchev–Trinajstić information content (AvgIpc) is 3.47. The van der Waals surface area contributed by atoms with E-state index in [0.29, 0.717) is 33.3 Å². The maximum atomic E-state index is 12.6. The number of carbonyl (C=O) groups is 2. The van der Waals surface area contributed by atoms with Crippen molar-refractivity contribution in [2.75, 3.05) is 5.32 Å². The quantitative estimate of drug-likeness (QED) is 0.330. The van der Waals surface area contributed by atoms with Gasteiger partial charge in [0.05, 0.1) is 11.8 Å². The Labute approximate surface area is 211 Å². The van der Waals surface area contributed by atoms with Crippen molar-refractivity contribution >= 4 is 29.4 Å². The Bertz CT molecular complexity index is 1460. The molecule has 0 fully saturated rings. The summed E-state index contributed by atoms with van der Waals surface area (Å²) < 4.78 is 12.4. The van der Waals surface area contributed by atoms with E-state index in [-0.39, 0.29) is 12.1 Å². The topological polar surface area (TPSA) is 119 Å². The van der Waals surface area contributed by atoms with Gasteiger partial charge in [0, 0.05) is 27.9 Å². The number of nitrogens with one attached hydrogen (secondary N) is 1. The van der Waals surface area contributed by atoms with E-state index in [1.54, 1.807) is 56.3 Å². The lowest BCUT2D eigenvalue weighted by molar-refractivity contribution is 0.0696. The molecule has 1 atom stereocenters. The summed E-state index contributed by atoms with van der Waals surface area (Å²) >= 11 is 6.19. The predicted molar refractivity (Wildman–Crippen MR) is 133 cm³/mol. The number of aryl methyl sites for hydroxylation is 1. The lowest BCUT2D eigenvalue weighted by atomic mass is 10.1. The third-order valence-electron chi connectivity index (χ3n) is 5.22. The van der Waals surface area contributed by atoms with Gasteiger partial charge >= 0.3 is 12.1 Å². The van der Waals surface area contributed by atoms with Crippen molar-refractivity contribution in [2.45, 2.75) is 26.5 Å². The molecule has 0 aliphatic heterocycles. The first-order valence-electron chi connectivity index (χ1n) is 10.8. The molecule has 0 saturated heterocycles. The van der Waals surface area contributed by atoms with E-state index in [1.165, 1.54) is 17.1 Å². The molecule has 0 aliphatic carbocycles. The highest BCUT2D eigenvalue weighted by atomic mass is 35.5. The van der Waals surface area contributed by atoms with Gasteiger partial charge in [0.15, 0.2) is 5.76 Å². The third kappa shape index (κ3) is 5.74. The van der Waals surface area contributed by atoms with Gasteiger partial charge in [-0.15, -0.1) is 0 Å². The van der Waals surface area contributed by atoms with Crippen LogP contribution in [0.15, 0.2) is 65.4 Å². The van der Waals surface area contributed by atoms with E-state index in [9.17, 15) is 9.59 Å². The first-order valence-corrected chi connectivity index (χ1v) is 11.2. The largest absolute Gasteiger partial charge is 0.478 e. The summed E-state index contributed by atoms with van der Waals surface area (Å²) in [7, 11) is 0. The van der Waals surface area contributed by atoms with Gasteiger partial charge < -0.3 is 14.4 Å².